The Kier molecular flexibility index (Phi) is 5.09. The molecule has 0 saturated heterocycles. The average molecular weight is 355 g/mol. The minimum absolute atomic E-state index is 0.0558. The lowest BCUT2D eigenvalue weighted by atomic mass is 10.1. The van der Waals surface area contributed by atoms with Crippen molar-refractivity contribution in [3.05, 3.63) is 64.7 Å². The fourth-order valence-corrected chi connectivity index (χ4v) is 3.62. The van der Waals surface area contributed by atoms with Crippen LogP contribution < -0.4 is 9.47 Å². The van der Waals surface area contributed by atoms with E-state index in [2.05, 4.69) is 0 Å². The molecule has 6 heteroatoms. The van der Waals surface area contributed by atoms with E-state index in [-0.39, 0.29) is 5.78 Å². The van der Waals surface area contributed by atoms with Gasteiger partial charge in [0.1, 0.15) is 0 Å². The fraction of sp³-hybridized carbons (Fsp3) is 0.158. The molecule has 2 aromatic rings. The zero-order valence-electron chi connectivity index (χ0n) is 13.9. The van der Waals surface area contributed by atoms with Crippen molar-refractivity contribution in [3.63, 3.8) is 0 Å². The van der Waals surface area contributed by atoms with Gasteiger partial charge in [0, 0.05) is 16.7 Å². The highest BCUT2D eigenvalue weighted by Gasteiger charge is 2.26. The van der Waals surface area contributed by atoms with E-state index in [1.54, 1.807) is 32.6 Å². The number of fused-ring (bicyclic) bond motifs is 1. The molecule has 0 aromatic heterocycles. The number of benzene rings is 2. The molecule has 0 spiro atoms. The first-order valence-electron chi connectivity index (χ1n) is 7.61. The smallest absolute Gasteiger partial charge is 0.214 e. The Balaban J connectivity index is 1.80. The number of nitrogens with zero attached hydrogens (tertiary/aromatic N) is 1. The van der Waals surface area contributed by atoms with Crippen LogP contribution in [0, 0.1) is 0 Å². The number of rotatable bonds is 6. The SMILES string of the molecule is COc1ccc(CN(C=O)/C=C2\Sc3ccccc3C2=O)cc1OC. The van der Waals surface area contributed by atoms with Gasteiger partial charge in [0.25, 0.3) is 0 Å². The van der Waals surface area contributed by atoms with Gasteiger partial charge in [-0.25, -0.2) is 0 Å². The van der Waals surface area contributed by atoms with E-state index in [1.165, 1.54) is 16.7 Å². The summed E-state index contributed by atoms with van der Waals surface area (Å²) in [7, 11) is 3.13. The number of carbonyl (C=O) groups excluding carboxylic acids is 2. The summed E-state index contributed by atoms with van der Waals surface area (Å²) in [4.78, 5) is 26.8. The molecule has 0 N–H and O–H groups in total. The molecule has 0 radical (unpaired) electrons. The van der Waals surface area contributed by atoms with Gasteiger partial charge in [0.2, 0.25) is 12.2 Å². The molecule has 0 atom stereocenters. The van der Waals surface area contributed by atoms with Crippen LogP contribution in [0.25, 0.3) is 0 Å². The molecule has 0 bridgehead atoms. The lowest BCUT2D eigenvalue weighted by Crippen LogP contribution is -2.16. The Morgan fingerprint density at radius 1 is 1.08 bits per heavy atom. The van der Waals surface area contributed by atoms with E-state index >= 15 is 0 Å². The van der Waals surface area contributed by atoms with Gasteiger partial charge in [-0.15, -0.1) is 0 Å². The molecule has 128 valence electrons. The predicted octanol–water partition coefficient (Wildman–Crippen LogP) is 3.49. The third-order valence-electron chi connectivity index (χ3n) is 3.81. The van der Waals surface area contributed by atoms with Crippen molar-refractivity contribution < 1.29 is 19.1 Å². The normalized spacial score (nSPS) is 14.3. The van der Waals surface area contributed by atoms with Gasteiger partial charge in [0.05, 0.1) is 25.7 Å². The molecule has 0 aliphatic carbocycles. The van der Waals surface area contributed by atoms with Crippen LogP contribution in [0.4, 0.5) is 0 Å². The summed E-state index contributed by atoms with van der Waals surface area (Å²) in [6.45, 7) is 0.331. The van der Waals surface area contributed by atoms with Crippen LogP contribution in [0.2, 0.25) is 0 Å². The molecule has 25 heavy (non-hydrogen) atoms. The third kappa shape index (κ3) is 3.53. The van der Waals surface area contributed by atoms with E-state index < -0.39 is 0 Å². The number of hydrogen-bond donors (Lipinski definition) is 0. The molecule has 5 nitrogen and oxygen atoms in total. The van der Waals surface area contributed by atoms with E-state index in [1.807, 2.05) is 30.3 Å². The maximum absolute atomic E-state index is 12.4. The van der Waals surface area contributed by atoms with Crippen LogP contribution >= 0.6 is 11.8 Å². The number of allylic oxidation sites excluding steroid dienone is 1. The second-order valence-corrected chi connectivity index (χ2v) is 6.47. The van der Waals surface area contributed by atoms with Crippen LogP contribution in [0.5, 0.6) is 11.5 Å². The summed E-state index contributed by atoms with van der Waals surface area (Å²) >= 11 is 1.38. The van der Waals surface area contributed by atoms with Gasteiger partial charge in [-0.05, 0) is 29.8 Å². The second-order valence-electron chi connectivity index (χ2n) is 5.39. The number of methoxy groups -OCH3 is 2. The molecule has 0 fully saturated rings. The maximum Gasteiger partial charge on any atom is 0.214 e. The summed E-state index contributed by atoms with van der Waals surface area (Å²) in [5, 5.41) is 0. The van der Waals surface area contributed by atoms with Crippen molar-refractivity contribution in [2.45, 2.75) is 11.4 Å². The van der Waals surface area contributed by atoms with Crippen LogP contribution in [0.15, 0.2) is 58.5 Å². The Hall–Kier alpha value is -2.73. The van der Waals surface area contributed by atoms with Gasteiger partial charge in [-0.2, -0.15) is 0 Å². The number of hydrogen-bond acceptors (Lipinski definition) is 5. The number of ether oxygens (including phenoxy) is 2. The Morgan fingerprint density at radius 2 is 1.84 bits per heavy atom. The minimum Gasteiger partial charge on any atom is -0.493 e. The van der Waals surface area contributed by atoms with Crippen LogP contribution in [0.3, 0.4) is 0 Å². The van der Waals surface area contributed by atoms with Crippen molar-refractivity contribution in [3.8, 4) is 11.5 Å². The highest BCUT2D eigenvalue weighted by atomic mass is 32.2. The molecular formula is C19H17NO4S. The topological polar surface area (TPSA) is 55.8 Å². The van der Waals surface area contributed by atoms with Crippen molar-refractivity contribution in [1.82, 2.24) is 4.90 Å². The van der Waals surface area contributed by atoms with E-state index in [4.69, 9.17) is 9.47 Å². The van der Waals surface area contributed by atoms with Gasteiger partial charge < -0.3 is 14.4 Å². The Morgan fingerprint density at radius 3 is 2.52 bits per heavy atom. The molecule has 3 rings (SSSR count). The fourth-order valence-electron chi connectivity index (χ4n) is 2.58. The molecule has 1 amide bonds. The van der Waals surface area contributed by atoms with Crippen molar-refractivity contribution >= 4 is 24.0 Å². The molecule has 2 aromatic carbocycles. The van der Waals surface area contributed by atoms with E-state index in [0.717, 1.165) is 10.5 Å². The zero-order valence-corrected chi connectivity index (χ0v) is 14.7. The largest absolute Gasteiger partial charge is 0.493 e. The maximum atomic E-state index is 12.4. The molecule has 0 unspecified atom stereocenters. The monoisotopic (exact) mass is 355 g/mol. The number of amides is 1. The lowest BCUT2D eigenvalue weighted by molar-refractivity contribution is -0.116. The van der Waals surface area contributed by atoms with Crippen molar-refractivity contribution in [2.75, 3.05) is 14.2 Å². The van der Waals surface area contributed by atoms with E-state index in [0.29, 0.717) is 34.9 Å². The summed E-state index contributed by atoms with van der Waals surface area (Å²) < 4.78 is 10.5. The zero-order chi connectivity index (χ0) is 17.8. The highest BCUT2D eigenvalue weighted by Crippen LogP contribution is 2.39. The van der Waals surface area contributed by atoms with Gasteiger partial charge in [-0.3, -0.25) is 9.59 Å². The van der Waals surface area contributed by atoms with Gasteiger partial charge >= 0.3 is 0 Å². The van der Waals surface area contributed by atoms with E-state index in [9.17, 15) is 9.59 Å². The number of carbonyl (C=O) groups is 2. The summed E-state index contributed by atoms with van der Waals surface area (Å²) in [5.41, 5.74) is 1.55. The minimum atomic E-state index is -0.0558. The first-order valence-corrected chi connectivity index (χ1v) is 8.43. The van der Waals surface area contributed by atoms with Gasteiger partial charge in [0.15, 0.2) is 11.5 Å². The quantitative estimate of drug-likeness (QED) is 0.586. The summed E-state index contributed by atoms with van der Waals surface area (Å²) in [6, 6.07) is 12.9. The number of thioether (sulfide) groups is 1. The van der Waals surface area contributed by atoms with Crippen molar-refractivity contribution in [1.29, 1.82) is 0 Å². The second kappa shape index (κ2) is 7.44. The third-order valence-corrected chi connectivity index (χ3v) is 4.89. The Bertz CT molecular complexity index is 847. The van der Waals surface area contributed by atoms with Crippen LogP contribution in [-0.4, -0.2) is 31.3 Å². The van der Waals surface area contributed by atoms with Crippen molar-refractivity contribution in [2.24, 2.45) is 0 Å². The number of Topliss-reactive ketones (excluding diaryl/α,β-unsaturated/α-hetero) is 1. The molecule has 1 heterocycles. The molecule has 1 aliphatic rings. The predicted molar refractivity (Wildman–Crippen MR) is 95.9 cm³/mol. The summed E-state index contributed by atoms with van der Waals surface area (Å²) in [5.74, 6) is 1.16. The van der Waals surface area contributed by atoms with Crippen LogP contribution in [0.1, 0.15) is 15.9 Å². The van der Waals surface area contributed by atoms with Crippen LogP contribution in [-0.2, 0) is 11.3 Å². The van der Waals surface area contributed by atoms with Gasteiger partial charge in [-0.1, -0.05) is 30.0 Å². The molecule has 0 saturated carbocycles. The first-order chi connectivity index (χ1) is 12.2. The number of ketones is 1. The lowest BCUT2D eigenvalue weighted by Gasteiger charge is -2.15. The standard InChI is InChI=1S/C19H17NO4S/c1-23-15-8-7-13(9-16(15)24-2)10-20(12-21)11-18-19(22)14-5-3-4-6-17(14)25-18/h3-9,11-12H,10H2,1-2H3/b18-11-. The highest BCUT2D eigenvalue weighted by molar-refractivity contribution is 8.04. The molecular weight excluding hydrogens is 338 g/mol. The summed E-state index contributed by atoms with van der Waals surface area (Å²) in [6.07, 6.45) is 2.30. The molecule has 1 aliphatic heterocycles. The Labute approximate surface area is 150 Å². The first kappa shape index (κ1) is 17.1. The average Bonchev–Trinajstić information content (AvgIpc) is 2.97.